The third kappa shape index (κ3) is 4.50. The van der Waals surface area contributed by atoms with Crippen LogP contribution in [0, 0.1) is 5.92 Å². The highest BCUT2D eigenvalue weighted by molar-refractivity contribution is 5.91. The number of ether oxygens (including phenoxy) is 4. The maximum absolute atomic E-state index is 12.7. The van der Waals surface area contributed by atoms with E-state index in [1.165, 1.54) is 0 Å². The van der Waals surface area contributed by atoms with Gasteiger partial charge in [0.05, 0.1) is 28.4 Å². The minimum atomic E-state index is -0.0288. The predicted molar refractivity (Wildman–Crippen MR) is 108 cm³/mol. The second kappa shape index (κ2) is 8.87. The van der Waals surface area contributed by atoms with E-state index in [1.807, 2.05) is 24.3 Å². The van der Waals surface area contributed by atoms with E-state index in [0.29, 0.717) is 41.0 Å². The first kappa shape index (κ1) is 19.9. The van der Waals surface area contributed by atoms with Crippen molar-refractivity contribution in [2.75, 3.05) is 33.8 Å². The van der Waals surface area contributed by atoms with Crippen molar-refractivity contribution >= 4 is 11.6 Å². The molecule has 1 aliphatic carbocycles. The average molecular weight is 385 g/mol. The van der Waals surface area contributed by atoms with Gasteiger partial charge in [-0.1, -0.05) is 6.07 Å². The van der Waals surface area contributed by atoms with Crippen LogP contribution >= 0.6 is 0 Å². The van der Waals surface area contributed by atoms with Gasteiger partial charge in [-0.15, -0.1) is 0 Å². The Morgan fingerprint density at radius 2 is 1.46 bits per heavy atom. The van der Waals surface area contributed by atoms with Crippen LogP contribution in [0.4, 0.5) is 5.69 Å². The molecule has 0 bridgehead atoms. The van der Waals surface area contributed by atoms with Crippen molar-refractivity contribution in [3.05, 3.63) is 42.0 Å². The summed E-state index contributed by atoms with van der Waals surface area (Å²) in [5, 5.41) is 2.97. The summed E-state index contributed by atoms with van der Waals surface area (Å²) in [6, 6.07) is 11.2. The molecule has 1 atom stereocenters. The third-order valence-corrected chi connectivity index (χ3v) is 5.10. The molecule has 0 aromatic heterocycles. The summed E-state index contributed by atoms with van der Waals surface area (Å²) in [6.07, 6.45) is 2.69. The summed E-state index contributed by atoms with van der Waals surface area (Å²) in [7, 11) is 6.40. The molecule has 0 saturated heterocycles. The third-order valence-electron chi connectivity index (χ3n) is 5.10. The molecular weight excluding hydrogens is 358 g/mol. The molecule has 1 saturated carbocycles. The summed E-state index contributed by atoms with van der Waals surface area (Å²) >= 11 is 0. The Bertz CT molecular complexity index is 832. The Balaban J connectivity index is 1.74. The Morgan fingerprint density at radius 3 is 2.04 bits per heavy atom. The van der Waals surface area contributed by atoms with Gasteiger partial charge in [0, 0.05) is 18.2 Å². The van der Waals surface area contributed by atoms with Crippen LogP contribution in [0.5, 0.6) is 23.0 Å². The van der Waals surface area contributed by atoms with Crippen molar-refractivity contribution in [2.45, 2.75) is 25.2 Å². The van der Waals surface area contributed by atoms with Crippen LogP contribution < -0.4 is 24.3 Å². The van der Waals surface area contributed by atoms with E-state index in [-0.39, 0.29) is 11.8 Å². The van der Waals surface area contributed by atoms with Crippen molar-refractivity contribution in [3.8, 4) is 23.0 Å². The zero-order valence-electron chi connectivity index (χ0n) is 16.8. The van der Waals surface area contributed by atoms with Gasteiger partial charge in [-0.05, 0) is 54.5 Å². The molecule has 150 valence electrons. The summed E-state index contributed by atoms with van der Waals surface area (Å²) < 4.78 is 21.3. The summed E-state index contributed by atoms with van der Waals surface area (Å²) in [4.78, 5) is 12.7. The normalized spacial score (nSPS) is 14.1. The molecule has 1 unspecified atom stereocenters. The van der Waals surface area contributed by atoms with Crippen LogP contribution in [-0.4, -0.2) is 34.3 Å². The number of amides is 1. The van der Waals surface area contributed by atoms with E-state index in [1.54, 1.807) is 40.6 Å². The fourth-order valence-electron chi connectivity index (χ4n) is 3.46. The lowest BCUT2D eigenvalue weighted by Gasteiger charge is -2.19. The first-order valence-electron chi connectivity index (χ1n) is 9.33. The first-order valence-corrected chi connectivity index (χ1v) is 9.33. The molecule has 0 radical (unpaired) electrons. The quantitative estimate of drug-likeness (QED) is 0.699. The van der Waals surface area contributed by atoms with E-state index in [9.17, 15) is 4.79 Å². The highest BCUT2D eigenvalue weighted by atomic mass is 16.5. The van der Waals surface area contributed by atoms with Gasteiger partial charge in [0.2, 0.25) is 5.91 Å². The van der Waals surface area contributed by atoms with Crippen LogP contribution in [0.1, 0.15) is 30.7 Å². The summed E-state index contributed by atoms with van der Waals surface area (Å²) in [6.45, 7) is 0. The number of nitrogens with one attached hydrogen (secondary N) is 1. The largest absolute Gasteiger partial charge is 0.493 e. The Labute approximate surface area is 165 Å². The molecule has 1 aliphatic rings. The highest BCUT2D eigenvalue weighted by Gasteiger charge is 2.34. The Hall–Kier alpha value is -2.89. The van der Waals surface area contributed by atoms with Gasteiger partial charge in [0.15, 0.2) is 23.0 Å². The number of carbonyl (C=O) groups excluding carboxylic acids is 1. The second-order valence-corrected chi connectivity index (χ2v) is 6.88. The van der Waals surface area contributed by atoms with Gasteiger partial charge in [-0.25, -0.2) is 0 Å². The standard InChI is InChI=1S/C22H27NO5/c1-25-18-9-7-15(11-20(18)27-3)17(14-5-6-14)13-22(24)23-16-8-10-19(26-2)21(12-16)28-4/h7-12,14,17H,5-6,13H2,1-4H3,(H,23,24). The topological polar surface area (TPSA) is 66.0 Å². The van der Waals surface area contributed by atoms with Crippen molar-refractivity contribution in [3.63, 3.8) is 0 Å². The van der Waals surface area contributed by atoms with Gasteiger partial charge in [-0.2, -0.15) is 0 Å². The van der Waals surface area contributed by atoms with Crippen LogP contribution in [0.25, 0.3) is 0 Å². The molecule has 2 aromatic carbocycles. The zero-order valence-corrected chi connectivity index (χ0v) is 16.8. The highest BCUT2D eigenvalue weighted by Crippen LogP contribution is 2.46. The van der Waals surface area contributed by atoms with E-state index in [2.05, 4.69) is 5.32 Å². The fourth-order valence-corrected chi connectivity index (χ4v) is 3.46. The number of benzene rings is 2. The monoisotopic (exact) mass is 385 g/mol. The molecule has 3 rings (SSSR count). The van der Waals surface area contributed by atoms with E-state index >= 15 is 0 Å². The van der Waals surface area contributed by atoms with Gasteiger partial charge in [0.25, 0.3) is 0 Å². The lowest BCUT2D eigenvalue weighted by atomic mass is 9.90. The van der Waals surface area contributed by atoms with E-state index < -0.39 is 0 Å². The molecular formula is C22H27NO5. The molecule has 1 amide bonds. The smallest absolute Gasteiger partial charge is 0.224 e. The van der Waals surface area contributed by atoms with Crippen molar-refractivity contribution in [1.82, 2.24) is 0 Å². The van der Waals surface area contributed by atoms with Crippen LogP contribution in [-0.2, 0) is 4.79 Å². The van der Waals surface area contributed by atoms with Crippen LogP contribution in [0.2, 0.25) is 0 Å². The molecule has 1 fully saturated rings. The van der Waals surface area contributed by atoms with Crippen LogP contribution in [0.15, 0.2) is 36.4 Å². The molecule has 2 aromatic rings. The molecule has 0 heterocycles. The number of hydrogen-bond donors (Lipinski definition) is 1. The second-order valence-electron chi connectivity index (χ2n) is 6.88. The van der Waals surface area contributed by atoms with Crippen molar-refractivity contribution in [2.24, 2.45) is 5.92 Å². The SMILES string of the molecule is COc1ccc(NC(=O)CC(c2ccc(OC)c(OC)c2)C2CC2)cc1OC. The summed E-state index contributed by atoms with van der Waals surface area (Å²) in [5.41, 5.74) is 1.78. The number of anilines is 1. The van der Waals surface area contributed by atoms with E-state index in [0.717, 1.165) is 18.4 Å². The van der Waals surface area contributed by atoms with Crippen LogP contribution in [0.3, 0.4) is 0 Å². The summed E-state index contributed by atoms with van der Waals surface area (Å²) in [5.74, 6) is 3.23. The Kier molecular flexibility index (Phi) is 6.29. The first-order chi connectivity index (χ1) is 13.6. The molecule has 6 heteroatoms. The van der Waals surface area contributed by atoms with E-state index in [4.69, 9.17) is 18.9 Å². The molecule has 1 N–H and O–H groups in total. The number of methoxy groups -OCH3 is 4. The maximum atomic E-state index is 12.7. The van der Waals surface area contributed by atoms with Crippen molar-refractivity contribution in [1.29, 1.82) is 0 Å². The minimum Gasteiger partial charge on any atom is -0.493 e. The Morgan fingerprint density at radius 1 is 0.893 bits per heavy atom. The van der Waals surface area contributed by atoms with Gasteiger partial charge in [0.1, 0.15) is 0 Å². The van der Waals surface area contributed by atoms with Gasteiger partial charge >= 0.3 is 0 Å². The number of carbonyl (C=O) groups is 1. The maximum Gasteiger partial charge on any atom is 0.224 e. The van der Waals surface area contributed by atoms with Crippen molar-refractivity contribution < 1.29 is 23.7 Å². The fraction of sp³-hybridized carbons (Fsp3) is 0.409. The molecule has 0 aliphatic heterocycles. The number of hydrogen-bond acceptors (Lipinski definition) is 5. The molecule has 28 heavy (non-hydrogen) atoms. The molecule has 6 nitrogen and oxygen atoms in total. The average Bonchev–Trinajstić information content (AvgIpc) is 3.56. The molecule has 0 spiro atoms. The predicted octanol–water partition coefficient (Wildman–Crippen LogP) is 4.24. The lowest BCUT2D eigenvalue weighted by Crippen LogP contribution is -2.17. The lowest BCUT2D eigenvalue weighted by molar-refractivity contribution is -0.116. The number of rotatable bonds is 9. The zero-order chi connectivity index (χ0) is 20.1. The minimum absolute atomic E-state index is 0.0288. The van der Waals surface area contributed by atoms with Gasteiger partial charge < -0.3 is 24.3 Å². The van der Waals surface area contributed by atoms with Gasteiger partial charge in [-0.3, -0.25) is 4.79 Å².